The Morgan fingerprint density at radius 1 is 1.42 bits per heavy atom. The van der Waals surface area contributed by atoms with Crippen molar-refractivity contribution in [3.05, 3.63) is 42.2 Å². The maximum absolute atomic E-state index is 5.34. The smallest absolute Gasteiger partial charge is 0.147 e. The minimum atomic E-state index is 0.686. The first-order valence-electron chi connectivity index (χ1n) is 6.59. The highest BCUT2D eigenvalue weighted by Gasteiger charge is 2.20. The van der Waals surface area contributed by atoms with Gasteiger partial charge in [0.1, 0.15) is 11.6 Å². The summed E-state index contributed by atoms with van der Waals surface area (Å²) in [6.07, 6.45) is 7.85. The van der Waals surface area contributed by atoms with Gasteiger partial charge in [-0.1, -0.05) is 0 Å². The summed E-state index contributed by atoms with van der Waals surface area (Å²) in [7, 11) is 1.99. The Bertz CT molecular complexity index is 522. The topological polar surface area (TPSA) is 54.2 Å². The summed E-state index contributed by atoms with van der Waals surface area (Å²) in [5, 5.41) is 3.45. The van der Waals surface area contributed by atoms with Crippen molar-refractivity contribution < 1.29 is 4.42 Å². The Balaban J connectivity index is 1.63. The fourth-order valence-electron chi connectivity index (χ4n) is 1.92. The van der Waals surface area contributed by atoms with Crippen molar-refractivity contribution in [3.8, 4) is 0 Å². The molecule has 5 heteroatoms. The minimum absolute atomic E-state index is 0.686. The lowest BCUT2D eigenvalue weighted by atomic mass is 10.4. The van der Waals surface area contributed by atoms with E-state index >= 15 is 0 Å². The molecule has 3 rings (SSSR count). The highest BCUT2D eigenvalue weighted by molar-refractivity contribution is 5.35. The van der Waals surface area contributed by atoms with Crippen LogP contribution in [-0.2, 0) is 13.1 Å². The van der Waals surface area contributed by atoms with E-state index in [4.69, 9.17) is 4.42 Å². The molecule has 1 aliphatic rings. The first kappa shape index (κ1) is 12.2. The van der Waals surface area contributed by atoms with Crippen LogP contribution in [0.5, 0.6) is 0 Å². The second-order valence-corrected chi connectivity index (χ2v) is 4.96. The molecular weight excluding hydrogens is 240 g/mol. The molecular formula is C14H18N4O. The van der Waals surface area contributed by atoms with Crippen molar-refractivity contribution in [1.29, 1.82) is 0 Å². The second kappa shape index (κ2) is 5.40. The number of rotatable bonds is 6. The Morgan fingerprint density at radius 2 is 2.32 bits per heavy atom. The summed E-state index contributed by atoms with van der Waals surface area (Å²) in [5.74, 6) is 1.79. The molecule has 5 nitrogen and oxygen atoms in total. The summed E-state index contributed by atoms with van der Waals surface area (Å²) in [6.45, 7) is 1.49. The number of anilines is 1. The molecule has 2 aromatic rings. The first-order chi connectivity index (χ1) is 9.31. The average Bonchev–Trinajstić information content (AvgIpc) is 3.13. The molecule has 0 bridgehead atoms. The number of hydrogen-bond donors (Lipinski definition) is 1. The standard InChI is InChI=1S/C14H18N4O/c1-18(10-13-3-2-6-19-13)14-9-15-7-12(17-14)8-16-11-4-5-11/h2-3,6-7,9,11,16H,4-5,8,10H2,1H3. The van der Waals surface area contributed by atoms with Gasteiger partial charge < -0.3 is 14.6 Å². The number of nitrogens with zero attached hydrogens (tertiary/aromatic N) is 3. The average molecular weight is 258 g/mol. The van der Waals surface area contributed by atoms with Crippen molar-refractivity contribution in [2.75, 3.05) is 11.9 Å². The molecule has 0 spiro atoms. The summed E-state index contributed by atoms with van der Waals surface area (Å²) in [5.41, 5.74) is 0.982. The third-order valence-corrected chi connectivity index (χ3v) is 3.19. The van der Waals surface area contributed by atoms with E-state index in [0.29, 0.717) is 12.6 Å². The second-order valence-electron chi connectivity index (χ2n) is 4.96. The van der Waals surface area contributed by atoms with E-state index in [1.165, 1.54) is 12.8 Å². The van der Waals surface area contributed by atoms with Crippen LogP contribution < -0.4 is 10.2 Å². The first-order valence-corrected chi connectivity index (χ1v) is 6.59. The molecule has 0 atom stereocenters. The van der Waals surface area contributed by atoms with Crippen molar-refractivity contribution in [2.45, 2.75) is 32.0 Å². The monoisotopic (exact) mass is 258 g/mol. The third-order valence-electron chi connectivity index (χ3n) is 3.19. The van der Waals surface area contributed by atoms with Gasteiger partial charge in [-0.15, -0.1) is 0 Å². The van der Waals surface area contributed by atoms with Crippen LogP contribution in [0.2, 0.25) is 0 Å². The van der Waals surface area contributed by atoms with Crippen molar-refractivity contribution in [3.63, 3.8) is 0 Å². The van der Waals surface area contributed by atoms with Gasteiger partial charge in [0.15, 0.2) is 0 Å². The van der Waals surface area contributed by atoms with Gasteiger partial charge in [-0.25, -0.2) is 4.98 Å². The Kier molecular flexibility index (Phi) is 3.46. The fraction of sp³-hybridized carbons (Fsp3) is 0.429. The SMILES string of the molecule is CN(Cc1ccco1)c1cncc(CNC2CC2)n1. The predicted octanol–water partition coefficient (Wildman–Crippen LogP) is 1.96. The molecule has 0 aromatic carbocycles. The fourth-order valence-corrected chi connectivity index (χ4v) is 1.92. The summed E-state index contributed by atoms with van der Waals surface area (Å²) < 4.78 is 5.34. The summed E-state index contributed by atoms with van der Waals surface area (Å²) >= 11 is 0. The van der Waals surface area contributed by atoms with E-state index in [-0.39, 0.29) is 0 Å². The van der Waals surface area contributed by atoms with Crippen molar-refractivity contribution in [2.24, 2.45) is 0 Å². The zero-order chi connectivity index (χ0) is 13.1. The van der Waals surface area contributed by atoms with Crippen LogP contribution in [0.25, 0.3) is 0 Å². The van der Waals surface area contributed by atoms with E-state index in [1.54, 1.807) is 12.5 Å². The number of aromatic nitrogens is 2. The minimum Gasteiger partial charge on any atom is -0.467 e. The van der Waals surface area contributed by atoms with Crippen LogP contribution in [0.1, 0.15) is 24.3 Å². The van der Waals surface area contributed by atoms with Crippen LogP contribution in [0, 0.1) is 0 Å². The van der Waals surface area contributed by atoms with E-state index in [2.05, 4.69) is 15.3 Å². The highest BCUT2D eigenvalue weighted by atomic mass is 16.3. The molecule has 0 unspecified atom stereocenters. The molecule has 19 heavy (non-hydrogen) atoms. The number of furan rings is 1. The van der Waals surface area contributed by atoms with E-state index in [0.717, 1.165) is 23.8 Å². The number of nitrogens with one attached hydrogen (secondary N) is 1. The summed E-state index contributed by atoms with van der Waals surface area (Å²) in [4.78, 5) is 10.9. The zero-order valence-electron chi connectivity index (χ0n) is 11.0. The lowest BCUT2D eigenvalue weighted by Gasteiger charge is -2.17. The molecule has 0 amide bonds. The Hall–Kier alpha value is -1.88. The molecule has 2 aromatic heterocycles. The van der Waals surface area contributed by atoms with Gasteiger partial charge >= 0.3 is 0 Å². The van der Waals surface area contributed by atoms with Gasteiger partial charge in [-0.05, 0) is 25.0 Å². The van der Waals surface area contributed by atoms with Gasteiger partial charge in [0.05, 0.1) is 24.7 Å². The molecule has 1 fully saturated rings. The van der Waals surface area contributed by atoms with Gasteiger partial charge in [0.2, 0.25) is 0 Å². The third kappa shape index (κ3) is 3.32. The largest absolute Gasteiger partial charge is 0.467 e. The van der Waals surface area contributed by atoms with E-state index < -0.39 is 0 Å². The number of hydrogen-bond acceptors (Lipinski definition) is 5. The molecule has 1 saturated carbocycles. The molecule has 0 aliphatic heterocycles. The van der Waals surface area contributed by atoms with Crippen LogP contribution in [0.4, 0.5) is 5.82 Å². The molecule has 100 valence electrons. The molecule has 2 heterocycles. The maximum Gasteiger partial charge on any atom is 0.147 e. The van der Waals surface area contributed by atoms with Gasteiger partial charge in [0.25, 0.3) is 0 Å². The van der Waals surface area contributed by atoms with Crippen LogP contribution in [-0.4, -0.2) is 23.1 Å². The molecule has 1 aliphatic carbocycles. The lowest BCUT2D eigenvalue weighted by Crippen LogP contribution is -2.20. The molecule has 1 N–H and O–H groups in total. The summed E-state index contributed by atoms with van der Waals surface area (Å²) in [6, 6.07) is 4.54. The van der Waals surface area contributed by atoms with Crippen molar-refractivity contribution >= 4 is 5.82 Å². The lowest BCUT2D eigenvalue weighted by molar-refractivity contribution is 0.506. The zero-order valence-corrected chi connectivity index (χ0v) is 11.0. The van der Waals surface area contributed by atoms with Gasteiger partial charge in [-0.2, -0.15) is 0 Å². The van der Waals surface area contributed by atoms with Crippen LogP contribution in [0.15, 0.2) is 35.2 Å². The van der Waals surface area contributed by atoms with Crippen molar-refractivity contribution in [1.82, 2.24) is 15.3 Å². The predicted molar refractivity (Wildman–Crippen MR) is 72.7 cm³/mol. The maximum atomic E-state index is 5.34. The van der Waals surface area contributed by atoms with E-state index in [1.807, 2.05) is 30.3 Å². The van der Waals surface area contributed by atoms with E-state index in [9.17, 15) is 0 Å². The Labute approximate surface area is 112 Å². The highest BCUT2D eigenvalue weighted by Crippen LogP contribution is 2.19. The Morgan fingerprint density at radius 3 is 3.05 bits per heavy atom. The van der Waals surface area contributed by atoms with Crippen LogP contribution >= 0.6 is 0 Å². The normalized spacial score (nSPS) is 14.6. The van der Waals surface area contributed by atoms with Crippen LogP contribution in [0.3, 0.4) is 0 Å². The molecule has 0 saturated heterocycles. The van der Waals surface area contributed by atoms with Gasteiger partial charge in [0, 0.05) is 25.8 Å². The molecule has 0 radical (unpaired) electrons. The van der Waals surface area contributed by atoms with Gasteiger partial charge in [-0.3, -0.25) is 4.98 Å². The quantitative estimate of drug-likeness (QED) is 0.858.